The fraction of sp³-hybridized carbons (Fsp3) is 0.625. The quantitative estimate of drug-likeness (QED) is 0.0544. The number of thiazole rings is 1. The van der Waals surface area contributed by atoms with Gasteiger partial charge < -0.3 is 26.3 Å². The summed E-state index contributed by atoms with van der Waals surface area (Å²) in [6.45, 7) is 17.0. The van der Waals surface area contributed by atoms with Gasteiger partial charge in [0.1, 0.15) is 11.5 Å². The number of unbranched alkanes of at least 4 members (excludes halogenated alkanes) is 1. The summed E-state index contributed by atoms with van der Waals surface area (Å²) in [4.78, 5) is 63.0. The van der Waals surface area contributed by atoms with Crippen LogP contribution in [-0.2, 0) is 25.6 Å². The van der Waals surface area contributed by atoms with Crippen LogP contribution in [0.5, 0.6) is 0 Å². The Morgan fingerprint density at radius 2 is 1.77 bits per heavy atom. The molecule has 0 bridgehead atoms. The number of nitrogens with two attached hydrogens (primary N) is 1. The molecule has 0 fully saturated rings. The van der Waals surface area contributed by atoms with Gasteiger partial charge in [0.05, 0.1) is 29.1 Å². The summed E-state index contributed by atoms with van der Waals surface area (Å²) in [5.41, 5.74) is 7.44. The molecule has 0 aliphatic carbocycles. The van der Waals surface area contributed by atoms with Crippen molar-refractivity contribution >= 4 is 40.6 Å². The summed E-state index contributed by atoms with van der Waals surface area (Å²) in [5, 5.41) is 19.9. The molecular formula is C40H61N5O6S. The van der Waals surface area contributed by atoms with E-state index >= 15 is 0 Å². The summed E-state index contributed by atoms with van der Waals surface area (Å²) in [6, 6.07) is 6.45. The number of aliphatic carboxylic acids is 1. The predicted molar refractivity (Wildman–Crippen MR) is 208 cm³/mol. The van der Waals surface area contributed by atoms with E-state index < -0.39 is 41.3 Å². The SMILES string of the molecule is C#CCCCON(C(=O)[C@@H](N)[C@@H](C)CC)[C@H](C[C@@H](CC(C)=O)c1nc(C(=O)N[C@@H](Cc2ccc(NC(C)C)cc2)CC(C)(C)C(=O)O)cs1)C(C)C. The molecule has 0 aliphatic rings. The molecule has 12 heteroatoms. The second-order valence-corrected chi connectivity index (χ2v) is 16.1. The van der Waals surface area contributed by atoms with Gasteiger partial charge in [-0.3, -0.25) is 19.2 Å². The number of carboxylic acid groups (broad SMARTS) is 1. The average Bonchev–Trinajstić information content (AvgIpc) is 3.57. The van der Waals surface area contributed by atoms with E-state index in [1.165, 1.54) is 23.3 Å². The number of carbonyl (C=O) groups excluding carboxylic acids is 3. The molecule has 52 heavy (non-hydrogen) atoms. The largest absolute Gasteiger partial charge is 0.481 e. The third kappa shape index (κ3) is 14.0. The van der Waals surface area contributed by atoms with Gasteiger partial charge in [-0.1, -0.05) is 46.2 Å². The molecule has 2 rings (SSSR count). The van der Waals surface area contributed by atoms with Crippen molar-refractivity contribution in [2.75, 3.05) is 11.9 Å². The van der Waals surface area contributed by atoms with Crippen LogP contribution in [0, 0.1) is 29.6 Å². The van der Waals surface area contributed by atoms with Crippen LogP contribution in [0.25, 0.3) is 0 Å². The lowest BCUT2D eigenvalue weighted by Gasteiger charge is -2.37. The van der Waals surface area contributed by atoms with Crippen LogP contribution in [0.1, 0.15) is 128 Å². The number of rotatable bonds is 23. The fourth-order valence-corrected chi connectivity index (χ4v) is 6.84. The molecule has 1 aromatic carbocycles. The normalized spacial score (nSPS) is 14.6. The topological polar surface area (TPSA) is 164 Å². The minimum atomic E-state index is -1.09. The van der Waals surface area contributed by atoms with Crippen molar-refractivity contribution in [3.8, 4) is 12.3 Å². The number of Topliss-reactive ketones (excluding diaryl/α,β-unsaturated/α-hetero) is 1. The van der Waals surface area contributed by atoms with Gasteiger partial charge in [0.2, 0.25) is 0 Å². The second kappa shape index (κ2) is 21.0. The molecule has 288 valence electrons. The van der Waals surface area contributed by atoms with Crippen molar-refractivity contribution in [2.45, 2.75) is 137 Å². The number of hydrogen-bond donors (Lipinski definition) is 4. The van der Waals surface area contributed by atoms with Crippen molar-refractivity contribution in [3.05, 3.63) is 45.9 Å². The lowest BCUT2D eigenvalue weighted by atomic mass is 9.84. The third-order valence-electron chi connectivity index (χ3n) is 9.25. The smallest absolute Gasteiger partial charge is 0.309 e. The number of carboxylic acids is 1. The van der Waals surface area contributed by atoms with E-state index in [0.29, 0.717) is 30.7 Å². The number of anilines is 1. The molecule has 5 atom stereocenters. The molecule has 2 amide bonds. The van der Waals surface area contributed by atoms with Crippen LogP contribution < -0.4 is 16.4 Å². The van der Waals surface area contributed by atoms with E-state index in [0.717, 1.165) is 17.7 Å². The Morgan fingerprint density at radius 3 is 2.31 bits per heavy atom. The first kappa shape index (κ1) is 44.4. The Hall–Kier alpha value is -3.79. The van der Waals surface area contributed by atoms with E-state index in [4.69, 9.17) is 22.0 Å². The Morgan fingerprint density at radius 1 is 1.12 bits per heavy atom. The molecule has 1 aromatic heterocycles. The van der Waals surface area contributed by atoms with Gasteiger partial charge in [0.15, 0.2) is 0 Å². The molecule has 2 aromatic rings. The zero-order chi connectivity index (χ0) is 39.2. The fourth-order valence-electron chi connectivity index (χ4n) is 5.92. The predicted octanol–water partition coefficient (Wildman–Crippen LogP) is 6.83. The van der Waals surface area contributed by atoms with Crippen LogP contribution >= 0.6 is 11.3 Å². The van der Waals surface area contributed by atoms with Crippen molar-refractivity contribution < 1.29 is 29.1 Å². The van der Waals surface area contributed by atoms with Crippen LogP contribution in [0.3, 0.4) is 0 Å². The number of hydrogen-bond acceptors (Lipinski definition) is 9. The number of amides is 2. The maximum atomic E-state index is 13.8. The number of aromatic nitrogens is 1. The highest BCUT2D eigenvalue weighted by Gasteiger charge is 2.36. The van der Waals surface area contributed by atoms with Gasteiger partial charge >= 0.3 is 5.97 Å². The lowest BCUT2D eigenvalue weighted by Crippen LogP contribution is -2.52. The Kier molecular flexibility index (Phi) is 18.0. The van der Waals surface area contributed by atoms with Gasteiger partial charge in [-0.05, 0) is 89.8 Å². The minimum Gasteiger partial charge on any atom is -0.481 e. The number of hydroxylamine groups is 2. The molecule has 0 aliphatic heterocycles. The maximum Gasteiger partial charge on any atom is 0.309 e. The molecule has 5 N–H and O–H groups in total. The van der Waals surface area contributed by atoms with Gasteiger partial charge in [0, 0.05) is 41.9 Å². The number of nitrogens with one attached hydrogen (secondary N) is 2. The van der Waals surface area contributed by atoms with E-state index in [2.05, 4.69) is 30.4 Å². The summed E-state index contributed by atoms with van der Waals surface area (Å²) in [6.07, 6.45) is 8.36. The first-order chi connectivity index (χ1) is 24.4. The molecule has 0 unspecified atom stereocenters. The molecule has 1 heterocycles. The Bertz CT molecular complexity index is 1500. The number of benzene rings is 1. The van der Waals surface area contributed by atoms with Crippen molar-refractivity contribution in [3.63, 3.8) is 0 Å². The number of nitrogens with zero attached hydrogens (tertiary/aromatic N) is 2. The van der Waals surface area contributed by atoms with Crippen molar-refractivity contribution in [1.82, 2.24) is 15.4 Å². The highest BCUT2D eigenvalue weighted by Crippen LogP contribution is 2.33. The molecule has 0 saturated heterocycles. The third-order valence-corrected chi connectivity index (χ3v) is 10.3. The van der Waals surface area contributed by atoms with Crippen LogP contribution in [-0.4, -0.2) is 69.5 Å². The van der Waals surface area contributed by atoms with Crippen molar-refractivity contribution in [2.24, 2.45) is 23.0 Å². The summed E-state index contributed by atoms with van der Waals surface area (Å²) >= 11 is 1.28. The summed E-state index contributed by atoms with van der Waals surface area (Å²) < 4.78 is 0. The molecule has 11 nitrogen and oxygen atoms in total. The Balaban J connectivity index is 2.39. The highest BCUT2D eigenvalue weighted by molar-refractivity contribution is 7.10. The van der Waals surface area contributed by atoms with Gasteiger partial charge in [-0.25, -0.2) is 10.0 Å². The minimum absolute atomic E-state index is 0.0524. The van der Waals surface area contributed by atoms with Gasteiger partial charge in [0.25, 0.3) is 11.8 Å². The first-order valence-corrected chi connectivity index (χ1v) is 19.3. The van der Waals surface area contributed by atoms with E-state index in [9.17, 15) is 24.3 Å². The van der Waals surface area contributed by atoms with E-state index in [1.54, 1.807) is 19.2 Å². The summed E-state index contributed by atoms with van der Waals surface area (Å²) in [5.74, 6) is 0.295. The molecule has 0 saturated carbocycles. The molecule has 0 radical (unpaired) electrons. The second-order valence-electron chi connectivity index (χ2n) is 15.2. The van der Waals surface area contributed by atoms with Crippen LogP contribution in [0.4, 0.5) is 5.69 Å². The average molecular weight is 740 g/mol. The van der Waals surface area contributed by atoms with Crippen LogP contribution in [0.2, 0.25) is 0 Å². The standard InChI is InChI=1S/C40H61N5O6S/c1-11-13-14-19-51-45(38(48)35(41)27(7)12-2)34(25(3)4)22-30(20-28(8)46)37-44-33(24-52-37)36(47)43-32(23-40(9,10)39(49)50)21-29-15-17-31(18-16-29)42-26(5)6/h1,15-18,24-27,30,32,34-35,42H,12-14,19-23,41H2,2-10H3,(H,43,47)(H,49,50)/t27-,30+,32-,34+,35-/m0/s1. The highest BCUT2D eigenvalue weighted by atomic mass is 32.1. The number of terminal acetylenes is 1. The van der Waals surface area contributed by atoms with Crippen molar-refractivity contribution in [1.29, 1.82) is 0 Å². The van der Waals surface area contributed by atoms with E-state index in [-0.39, 0.29) is 54.7 Å². The Labute approximate surface area is 314 Å². The monoisotopic (exact) mass is 739 g/mol. The number of ketones is 1. The van der Waals surface area contributed by atoms with Gasteiger partial charge in [-0.2, -0.15) is 0 Å². The zero-order valence-electron chi connectivity index (χ0n) is 32.5. The van der Waals surface area contributed by atoms with Crippen LogP contribution in [0.15, 0.2) is 29.6 Å². The molecule has 0 spiro atoms. The zero-order valence-corrected chi connectivity index (χ0v) is 33.3. The first-order valence-electron chi connectivity index (χ1n) is 18.4. The maximum absolute atomic E-state index is 13.8. The van der Waals surface area contributed by atoms with Gasteiger partial charge in [-0.15, -0.1) is 23.7 Å². The van der Waals surface area contributed by atoms with E-state index in [1.807, 2.05) is 52.0 Å². The lowest BCUT2D eigenvalue weighted by molar-refractivity contribution is -0.209. The number of carbonyl (C=O) groups is 4. The molecular weight excluding hydrogens is 679 g/mol. The summed E-state index contributed by atoms with van der Waals surface area (Å²) in [7, 11) is 0.